The lowest BCUT2D eigenvalue weighted by Gasteiger charge is -2.05. The molecular formula is C13H16N2O3S2. The molecule has 0 aliphatic rings. The van der Waals surface area contributed by atoms with Gasteiger partial charge in [0.2, 0.25) is 0 Å². The Kier molecular flexibility index (Phi) is 4.49. The fourth-order valence-corrected chi connectivity index (χ4v) is 3.90. The highest BCUT2D eigenvalue weighted by Gasteiger charge is 2.05. The topological polar surface area (TPSA) is 68.5 Å². The van der Waals surface area contributed by atoms with Crippen LogP contribution in [-0.2, 0) is 15.6 Å². The zero-order chi connectivity index (χ0) is 14.8. The number of aromatic nitrogens is 2. The van der Waals surface area contributed by atoms with Crippen LogP contribution < -0.4 is 5.56 Å². The summed E-state index contributed by atoms with van der Waals surface area (Å²) in [4.78, 5) is 16.4. The maximum atomic E-state index is 12.0. The largest absolute Gasteiger partial charge is 0.269 e. The molecule has 0 aromatic carbocycles. The van der Waals surface area contributed by atoms with Crippen LogP contribution in [0.4, 0.5) is 0 Å². The van der Waals surface area contributed by atoms with Crippen molar-refractivity contribution in [2.45, 2.75) is 12.7 Å². The normalized spacial score (nSPS) is 11.9. The van der Waals surface area contributed by atoms with Crippen molar-refractivity contribution in [1.29, 1.82) is 0 Å². The van der Waals surface area contributed by atoms with Crippen LogP contribution in [0.3, 0.4) is 0 Å². The predicted molar refractivity (Wildman–Crippen MR) is 82.1 cm³/mol. The summed E-state index contributed by atoms with van der Waals surface area (Å²) >= 11 is 1.46. The minimum absolute atomic E-state index is 0.114. The van der Waals surface area contributed by atoms with Crippen LogP contribution in [0.5, 0.6) is 0 Å². The summed E-state index contributed by atoms with van der Waals surface area (Å²) in [5.41, 5.74) is 2.17. The van der Waals surface area contributed by atoms with Gasteiger partial charge in [-0.2, -0.15) is 11.8 Å². The molecule has 0 N–H and O–H groups in total. The van der Waals surface area contributed by atoms with Crippen LogP contribution >= 0.6 is 11.8 Å². The average Bonchev–Trinajstić information content (AvgIpc) is 2.34. The molecule has 0 spiro atoms. The van der Waals surface area contributed by atoms with Crippen molar-refractivity contribution < 1.29 is 8.42 Å². The molecule has 0 bridgehead atoms. The Morgan fingerprint density at radius 1 is 1.35 bits per heavy atom. The highest BCUT2D eigenvalue weighted by atomic mass is 32.2. The van der Waals surface area contributed by atoms with E-state index in [9.17, 15) is 13.2 Å². The van der Waals surface area contributed by atoms with Crippen molar-refractivity contribution in [1.82, 2.24) is 9.38 Å². The molecule has 108 valence electrons. The van der Waals surface area contributed by atoms with Gasteiger partial charge < -0.3 is 0 Å². The number of sulfone groups is 1. The van der Waals surface area contributed by atoms with E-state index < -0.39 is 9.84 Å². The summed E-state index contributed by atoms with van der Waals surface area (Å²) in [5.74, 6) is 1.19. The van der Waals surface area contributed by atoms with E-state index in [1.807, 2.05) is 13.0 Å². The zero-order valence-electron chi connectivity index (χ0n) is 11.4. The van der Waals surface area contributed by atoms with E-state index in [4.69, 9.17) is 0 Å². The molecule has 0 radical (unpaired) electrons. The Hall–Kier alpha value is -1.34. The highest BCUT2D eigenvalue weighted by Crippen LogP contribution is 2.10. The molecular weight excluding hydrogens is 296 g/mol. The van der Waals surface area contributed by atoms with Crippen molar-refractivity contribution in [3.63, 3.8) is 0 Å². The van der Waals surface area contributed by atoms with Crippen LogP contribution in [0, 0.1) is 6.92 Å². The second-order valence-corrected chi connectivity index (χ2v) is 8.07. The van der Waals surface area contributed by atoms with E-state index in [1.54, 1.807) is 12.3 Å². The molecule has 2 aromatic rings. The Bertz CT molecular complexity index is 782. The van der Waals surface area contributed by atoms with Crippen LogP contribution in [-0.4, -0.2) is 35.6 Å². The molecule has 0 saturated carbocycles. The van der Waals surface area contributed by atoms with Gasteiger partial charge in [-0.15, -0.1) is 0 Å². The van der Waals surface area contributed by atoms with Gasteiger partial charge in [0.15, 0.2) is 0 Å². The molecule has 20 heavy (non-hydrogen) atoms. The molecule has 5 nitrogen and oxygen atoms in total. The third-order valence-electron chi connectivity index (χ3n) is 2.71. The lowest BCUT2D eigenvalue weighted by Crippen LogP contribution is -2.15. The van der Waals surface area contributed by atoms with Gasteiger partial charge in [0.25, 0.3) is 5.56 Å². The van der Waals surface area contributed by atoms with Crippen molar-refractivity contribution in [3.05, 3.63) is 46.0 Å². The number of fused-ring (bicyclic) bond motifs is 1. The van der Waals surface area contributed by atoms with Crippen molar-refractivity contribution in [2.24, 2.45) is 0 Å². The summed E-state index contributed by atoms with van der Waals surface area (Å²) < 4.78 is 23.6. The van der Waals surface area contributed by atoms with E-state index in [2.05, 4.69) is 4.98 Å². The Morgan fingerprint density at radius 3 is 2.80 bits per heavy atom. The third-order valence-corrected chi connectivity index (χ3v) is 4.91. The maximum absolute atomic E-state index is 12.0. The minimum Gasteiger partial charge on any atom is -0.269 e. The lowest BCUT2D eigenvalue weighted by atomic mass is 10.3. The second-order valence-electron chi connectivity index (χ2n) is 4.70. The lowest BCUT2D eigenvalue weighted by molar-refractivity contribution is 0.603. The standard InChI is InChI=1S/C13H16N2O3S2/c1-10-3-4-12-14-11(7-13(16)15(12)8-10)9-19-5-6-20(2,17)18/h3-4,7-8H,5-6,9H2,1-2H3. The van der Waals surface area contributed by atoms with E-state index in [0.29, 0.717) is 22.8 Å². The first-order chi connectivity index (χ1) is 9.35. The van der Waals surface area contributed by atoms with Gasteiger partial charge in [-0.25, -0.2) is 13.4 Å². The van der Waals surface area contributed by atoms with Gasteiger partial charge in [-0.05, 0) is 18.6 Å². The van der Waals surface area contributed by atoms with E-state index in [0.717, 1.165) is 5.56 Å². The Labute approximate surface area is 122 Å². The molecule has 0 fully saturated rings. The molecule has 0 aliphatic heterocycles. The van der Waals surface area contributed by atoms with Crippen molar-refractivity contribution in [3.8, 4) is 0 Å². The van der Waals surface area contributed by atoms with Crippen LogP contribution in [0.15, 0.2) is 29.2 Å². The quantitative estimate of drug-likeness (QED) is 0.778. The highest BCUT2D eigenvalue weighted by molar-refractivity contribution is 7.99. The third kappa shape index (κ3) is 4.08. The number of rotatable bonds is 5. The molecule has 0 atom stereocenters. The van der Waals surface area contributed by atoms with Gasteiger partial charge in [0, 0.05) is 30.0 Å². The SMILES string of the molecule is Cc1ccc2nc(CSCCS(C)(=O)=O)cc(=O)n2c1. The second kappa shape index (κ2) is 5.97. The Morgan fingerprint density at radius 2 is 2.10 bits per heavy atom. The molecule has 2 rings (SSSR count). The van der Waals surface area contributed by atoms with Crippen LogP contribution in [0.1, 0.15) is 11.3 Å². The van der Waals surface area contributed by atoms with E-state index in [-0.39, 0.29) is 11.3 Å². The van der Waals surface area contributed by atoms with Gasteiger partial charge in [0.1, 0.15) is 15.5 Å². The smallest absolute Gasteiger partial charge is 0.258 e. The predicted octanol–water partition coefficient (Wildman–Crippen LogP) is 1.28. The van der Waals surface area contributed by atoms with Crippen LogP contribution in [0.2, 0.25) is 0 Å². The fourth-order valence-electron chi connectivity index (χ4n) is 1.72. The first-order valence-electron chi connectivity index (χ1n) is 6.09. The summed E-state index contributed by atoms with van der Waals surface area (Å²) in [5, 5.41) is 0. The number of thioether (sulfide) groups is 1. The summed E-state index contributed by atoms with van der Waals surface area (Å²) in [6, 6.07) is 5.21. The number of pyridine rings is 1. The monoisotopic (exact) mass is 312 g/mol. The molecule has 0 saturated heterocycles. The molecule has 0 aliphatic carbocycles. The van der Waals surface area contributed by atoms with Gasteiger partial charge in [-0.1, -0.05) is 6.07 Å². The number of aryl methyl sites for hydroxylation is 1. The van der Waals surface area contributed by atoms with Gasteiger partial charge in [-0.3, -0.25) is 9.20 Å². The fraction of sp³-hybridized carbons (Fsp3) is 0.385. The maximum Gasteiger partial charge on any atom is 0.258 e. The van der Waals surface area contributed by atoms with E-state index in [1.165, 1.54) is 28.5 Å². The van der Waals surface area contributed by atoms with Crippen LogP contribution in [0.25, 0.3) is 5.65 Å². The zero-order valence-corrected chi connectivity index (χ0v) is 13.0. The van der Waals surface area contributed by atoms with Crippen molar-refractivity contribution >= 4 is 27.2 Å². The number of hydrogen-bond acceptors (Lipinski definition) is 5. The van der Waals surface area contributed by atoms with Gasteiger partial charge in [0.05, 0.1) is 11.4 Å². The molecule has 0 unspecified atom stereocenters. The minimum atomic E-state index is -2.93. The molecule has 7 heteroatoms. The molecule has 0 amide bonds. The van der Waals surface area contributed by atoms with E-state index >= 15 is 0 Å². The average molecular weight is 312 g/mol. The first kappa shape index (κ1) is 15.1. The Balaban J connectivity index is 2.12. The number of nitrogens with zero attached hydrogens (tertiary/aromatic N) is 2. The summed E-state index contributed by atoms with van der Waals surface area (Å²) in [7, 11) is -2.93. The molecule has 2 aromatic heterocycles. The molecule has 2 heterocycles. The first-order valence-corrected chi connectivity index (χ1v) is 9.31. The number of hydrogen-bond donors (Lipinski definition) is 0. The summed E-state index contributed by atoms with van der Waals surface area (Å²) in [6.07, 6.45) is 2.97. The summed E-state index contributed by atoms with van der Waals surface area (Å²) in [6.45, 7) is 1.92. The van der Waals surface area contributed by atoms with Gasteiger partial charge >= 0.3 is 0 Å². The van der Waals surface area contributed by atoms with Crippen molar-refractivity contribution in [2.75, 3.05) is 17.8 Å².